The zero-order valence-corrected chi connectivity index (χ0v) is 12.6. The van der Waals surface area contributed by atoms with Crippen molar-refractivity contribution >= 4 is 24.8 Å². The molecule has 0 aromatic heterocycles. The number of thioether (sulfide) groups is 1. The highest BCUT2D eigenvalue weighted by Gasteiger charge is 2.54. The van der Waals surface area contributed by atoms with Crippen molar-refractivity contribution in [1.29, 1.82) is 0 Å². The van der Waals surface area contributed by atoms with Crippen LogP contribution in [0.3, 0.4) is 0 Å². The Bertz CT molecular complexity index is 642. The van der Waals surface area contributed by atoms with Gasteiger partial charge in [-0.1, -0.05) is 6.07 Å². The van der Waals surface area contributed by atoms with E-state index in [1.54, 1.807) is 0 Å². The molecule has 4 N–H and O–H groups in total. The number of rotatable bonds is 3. The maximum atomic E-state index is 11.7. The summed E-state index contributed by atoms with van der Waals surface area (Å²) in [4.78, 5) is 12.4. The number of carbonyl (C=O) groups is 1. The molecule has 6 nitrogen and oxygen atoms in total. The average Bonchev–Trinajstić information content (AvgIpc) is 3.18. The molecular formula is C14H16BNO5S. The van der Waals surface area contributed by atoms with E-state index < -0.39 is 13.1 Å². The third kappa shape index (κ3) is 2.22. The number of ether oxygens (including phenoxy) is 1. The summed E-state index contributed by atoms with van der Waals surface area (Å²) in [6.07, 6.45) is 0.848. The highest BCUT2D eigenvalue weighted by molar-refractivity contribution is 8.00. The maximum absolute atomic E-state index is 11.7. The molecule has 1 saturated carbocycles. The average molecular weight is 321 g/mol. The van der Waals surface area contributed by atoms with E-state index in [0.29, 0.717) is 23.9 Å². The molecule has 0 unspecified atom stereocenters. The number of hydrogen-bond donors (Lipinski definition) is 3. The number of carboxylic acid groups (broad SMARTS) is 1. The molecule has 22 heavy (non-hydrogen) atoms. The highest BCUT2D eigenvalue weighted by atomic mass is 32.2. The molecule has 1 aliphatic carbocycles. The Hall–Kier alpha value is -1.22. The summed E-state index contributed by atoms with van der Waals surface area (Å²) in [5.41, 5.74) is 7.00. The topological polar surface area (TPSA) is 102 Å². The number of aromatic carboxylic acids is 1. The predicted molar refractivity (Wildman–Crippen MR) is 81.5 cm³/mol. The number of nitrogens with two attached hydrogens (primary N) is 1. The largest absolute Gasteiger partial charge is 0.535 e. The van der Waals surface area contributed by atoms with Gasteiger partial charge in [-0.15, -0.1) is 11.8 Å². The Kier molecular flexibility index (Phi) is 3.37. The van der Waals surface area contributed by atoms with Crippen molar-refractivity contribution in [2.24, 2.45) is 5.73 Å². The molecule has 0 radical (unpaired) electrons. The van der Waals surface area contributed by atoms with Crippen LogP contribution in [0.2, 0.25) is 5.82 Å². The molecule has 2 heterocycles. The zero-order valence-electron chi connectivity index (χ0n) is 11.8. The molecule has 1 saturated heterocycles. The van der Waals surface area contributed by atoms with Gasteiger partial charge < -0.3 is 25.3 Å². The molecule has 3 aliphatic rings. The molecule has 8 heteroatoms. The third-order valence-electron chi connectivity index (χ3n) is 4.56. The van der Waals surface area contributed by atoms with Crippen LogP contribution in [0.15, 0.2) is 17.0 Å². The first kappa shape index (κ1) is 14.4. The third-order valence-corrected chi connectivity index (χ3v) is 5.94. The van der Waals surface area contributed by atoms with E-state index in [9.17, 15) is 14.9 Å². The smallest absolute Gasteiger partial charge is 0.526 e. The first-order valence-electron chi connectivity index (χ1n) is 7.31. The number of hydrogen-bond acceptors (Lipinski definition) is 6. The fraction of sp³-hybridized carbons (Fsp3) is 0.500. The molecule has 2 fully saturated rings. The molecule has 4 atom stereocenters. The van der Waals surface area contributed by atoms with Crippen molar-refractivity contribution in [3.63, 3.8) is 0 Å². The SMILES string of the molecule is N[C@@H]1COC[C@H]1Sc1ccc2c(c1C(=O)O)OB(O)[C@@H]1C[C@H]21. The van der Waals surface area contributed by atoms with E-state index in [1.165, 1.54) is 11.8 Å². The summed E-state index contributed by atoms with van der Waals surface area (Å²) in [5, 5.41) is 19.6. The number of fused-ring (bicyclic) bond motifs is 3. The molecule has 0 spiro atoms. The van der Waals surface area contributed by atoms with E-state index in [4.69, 9.17) is 15.1 Å². The second-order valence-electron chi connectivity index (χ2n) is 6.03. The second-order valence-corrected chi connectivity index (χ2v) is 7.32. The monoisotopic (exact) mass is 321 g/mol. The minimum absolute atomic E-state index is 0.0262. The quantitative estimate of drug-likeness (QED) is 0.712. The van der Waals surface area contributed by atoms with E-state index in [-0.39, 0.29) is 28.6 Å². The van der Waals surface area contributed by atoms with Crippen molar-refractivity contribution in [2.75, 3.05) is 13.2 Å². The molecule has 1 aromatic carbocycles. The van der Waals surface area contributed by atoms with E-state index >= 15 is 0 Å². The van der Waals surface area contributed by atoms with Gasteiger partial charge in [0.15, 0.2) is 0 Å². The van der Waals surface area contributed by atoms with Crippen LogP contribution in [0, 0.1) is 0 Å². The van der Waals surface area contributed by atoms with E-state index in [0.717, 1.165) is 12.0 Å². The first-order valence-corrected chi connectivity index (χ1v) is 8.19. The van der Waals surface area contributed by atoms with Crippen molar-refractivity contribution < 1.29 is 24.3 Å². The Labute approximate surface area is 132 Å². The summed E-state index contributed by atoms with van der Waals surface area (Å²) in [7, 11) is -0.909. The molecule has 1 aromatic rings. The van der Waals surface area contributed by atoms with Gasteiger partial charge in [0.2, 0.25) is 0 Å². The van der Waals surface area contributed by atoms with Gasteiger partial charge in [0.25, 0.3) is 0 Å². The predicted octanol–water partition coefficient (Wildman–Crippen LogP) is 0.933. The Morgan fingerprint density at radius 3 is 2.91 bits per heavy atom. The van der Waals surface area contributed by atoms with Crippen LogP contribution in [0.4, 0.5) is 0 Å². The normalized spacial score (nSPS) is 32.2. The van der Waals surface area contributed by atoms with Crippen molar-refractivity contribution in [3.05, 3.63) is 23.3 Å². The van der Waals surface area contributed by atoms with Crippen LogP contribution >= 0.6 is 11.8 Å². The van der Waals surface area contributed by atoms with Crippen molar-refractivity contribution in [3.8, 4) is 5.75 Å². The van der Waals surface area contributed by atoms with Crippen LogP contribution < -0.4 is 10.4 Å². The van der Waals surface area contributed by atoms with Gasteiger partial charge in [-0.25, -0.2) is 4.79 Å². The van der Waals surface area contributed by atoms with Gasteiger partial charge in [-0.05, 0) is 24.0 Å². The van der Waals surface area contributed by atoms with Crippen LogP contribution in [0.1, 0.15) is 28.3 Å². The minimum atomic E-state index is -1.04. The maximum Gasteiger partial charge on any atom is 0.526 e. The van der Waals surface area contributed by atoms with Crippen molar-refractivity contribution in [1.82, 2.24) is 0 Å². The Morgan fingerprint density at radius 2 is 2.23 bits per heavy atom. The number of carboxylic acids is 1. The minimum Gasteiger partial charge on any atom is -0.535 e. The van der Waals surface area contributed by atoms with Gasteiger partial charge in [0, 0.05) is 16.8 Å². The van der Waals surface area contributed by atoms with E-state index in [1.807, 2.05) is 12.1 Å². The summed E-state index contributed by atoms with van der Waals surface area (Å²) >= 11 is 1.41. The fourth-order valence-electron chi connectivity index (χ4n) is 3.23. The molecule has 0 bridgehead atoms. The van der Waals surface area contributed by atoms with Crippen LogP contribution in [-0.2, 0) is 4.74 Å². The number of benzene rings is 1. The lowest BCUT2D eigenvalue weighted by atomic mass is 9.77. The van der Waals surface area contributed by atoms with Crippen molar-refractivity contribution in [2.45, 2.75) is 34.3 Å². The van der Waals surface area contributed by atoms with Gasteiger partial charge >= 0.3 is 13.1 Å². The van der Waals surface area contributed by atoms with Gasteiger partial charge in [-0.3, -0.25) is 0 Å². The molecule has 116 valence electrons. The zero-order chi connectivity index (χ0) is 15.4. The second kappa shape index (κ2) is 5.16. The van der Waals surface area contributed by atoms with Gasteiger partial charge in [0.05, 0.1) is 18.5 Å². The summed E-state index contributed by atoms with van der Waals surface area (Å²) < 4.78 is 10.8. The van der Waals surface area contributed by atoms with Crippen LogP contribution in [-0.4, -0.2) is 47.7 Å². The summed E-state index contributed by atoms with van der Waals surface area (Å²) in [6, 6.07) is 3.64. The lowest BCUT2D eigenvalue weighted by molar-refractivity contribution is 0.0690. The van der Waals surface area contributed by atoms with Gasteiger partial charge in [-0.2, -0.15) is 0 Å². The summed E-state index contributed by atoms with van der Waals surface area (Å²) in [6.45, 7) is 1.00. The first-order chi connectivity index (χ1) is 10.6. The summed E-state index contributed by atoms with van der Waals surface area (Å²) in [5.74, 6) is -0.411. The van der Waals surface area contributed by atoms with E-state index in [2.05, 4.69) is 0 Å². The highest BCUT2D eigenvalue weighted by Crippen LogP contribution is 2.60. The molecule has 0 amide bonds. The molecular weight excluding hydrogens is 305 g/mol. The molecule has 4 rings (SSSR count). The van der Waals surface area contributed by atoms with Gasteiger partial charge in [0.1, 0.15) is 11.3 Å². The fourth-order valence-corrected chi connectivity index (χ4v) is 4.42. The molecule has 2 aliphatic heterocycles. The van der Waals surface area contributed by atoms with Crippen LogP contribution in [0.5, 0.6) is 5.75 Å². The lowest BCUT2D eigenvalue weighted by Crippen LogP contribution is -2.31. The van der Waals surface area contributed by atoms with Crippen LogP contribution in [0.25, 0.3) is 0 Å². The lowest BCUT2D eigenvalue weighted by Gasteiger charge is -2.23. The Balaban J connectivity index is 1.73. The Morgan fingerprint density at radius 1 is 1.41 bits per heavy atom. The standard InChI is InChI=1S/C14H16BNO5S/c16-9-4-20-5-11(9)22-10-2-1-6-7-3-8(7)15(19)21-13(6)12(10)14(17)18/h1-2,7-9,11,19H,3-5,16H2,(H,17,18)/t7-,8-,9-,11-/m1/s1.